The largest absolute Gasteiger partial charge is 0.399 e. The minimum Gasteiger partial charge on any atom is -0.399 e. The third-order valence-corrected chi connectivity index (χ3v) is 1.52. The Kier molecular flexibility index (Phi) is 1.66. The second-order valence-corrected chi connectivity index (χ2v) is 3.18. The second-order valence-electron chi connectivity index (χ2n) is 3.18. The van der Waals surface area contributed by atoms with E-state index in [1.807, 2.05) is 18.2 Å². The highest BCUT2D eigenvalue weighted by molar-refractivity contribution is 5.28. The van der Waals surface area contributed by atoms with Crippen LogP contribution in [0, 0.1) is 5.41 Å². The normalized spacial score (nSPS) is 22.0. The molecule has 1 rings (SSSR count). The molecule has 1 heteroatoms. The van der Waals surface area contributed by atoms with E-state index in [1.54, 1.807) is 0 Å². The van der Waals surface area contributed by atoms with Gasteiger partial charge in [0.05, 0.1) is 0 Å². The average Bonchev–Trinajstić information content (AvgIpc) is 1.94. The average molecular weight is 135 g/mol. The first-order valence-electron chi connectivity index (χ1n) is 3.44. The van der Waals surface area contributed by atoms with Gasteiger partial charge in [0.1, 0.15) is 0 Å². The molecule has 10 heavy (non-hydrogen) atoms. The lowest BCUT2D eigenvalue weighted by atomic mass is 9.93. The van der Waals surface area contributed by atoms with Crippen LogP contribution < -0.4 is 5.73 Å². The topological polar surface area (TPSA) is 26.0 Å². The SMILES string of the molecule is CC1(C)C=CC=C(N)C=C1. The van der Waals surface area contributed by atoms with E-state index in [0.29, 0.717) is 0 Å². The lowest BCUT2D eigenvalue weighted by Gasteiger charge is -2.12. The molecule has 0 aromatic heterocycles. The fraction of sp³-hybridized carbons (Fsp3) is 0.333. The molecule has 1 nitrogen and oxygen atoms in total. The molecule has 0 fully saturated rings. The Morgan fingerprint density at radius 3 is 2.70 bits per heavy atom. The molecule has 54 valence electrons. The van der Waals surface area contributed by atoms with Crippen molar-refractivity contribution in [2.24, 2.45) is 11.1 Å². The quantitative estimate of drug-likeness (QED) is 0.540. The first kappa shape index (κ1) is 7.13. The van der Waals surface area contributed by atoms with Crippen molar-refractivity contribution >= 4 is 0 Å². The number of rotatable bonds is 0. The summed E-state index contributed by atoms with van der Waals surface area (Å²) in [6.07, 6.45) is 10.1. The highest BCUT2D eigenvalue weighted by Gasteiger charge is 2.08. The maximum Gasteiger partial charge on any atom is 0.0310 e. The molecule has 0 bridgehead atoms. The lowest BCUT2D eigenvalue weighted by Crippen LogP contribution is -2.01. The third-order valence-electron chi connectivity index (χ3n) is 1.52. The van der Waals surface area contributed by atoms with Crippen LogP contribution in [0.3, 0.4) is 0 Å². The van der Waals surface area contributed by atoms with Crippen molar-refractivity contribution in [3.05, 3.63) is 36.1 Å². The molecule has 1 aliphatic carbocycles. The molecular weight excluding hydrogens is 122 g/mol. The molecule has 0 aliphatic heterocycles. The molecule has 0 atom stereocenters. The van der Waals surface area contributed by atoms with Crippen molar-refractivity contribution in [3.8, 4) is 0 Å². The molecule has 0 saturated carbocycles. The van der Waals surface area contributed by atoms with Gasteiger partial charge in [-0.05, 0) is 12.2 Å². The molecule has 0 amide bonds. The molecule has 0 radical (unpaired) electrons. The van der Waals surface area contributed by atoms with Crippen LogP contribution in [0.15, 0.2) is 36.1 Å². The molecular formula is C9H13N. The highest BCUT2D eigenvalue weighted by Crippen LogP contribution is 2.21. The van der Waals surface area contributed by atoms with Gasteiger partial charge < -0.3 is 5.73 Å². The number of allylic oxidation sites excluding steroid dienone is 5. The summed E-state index contributed by atoms with van der Waals surface area (Å²) in [6.45, 7) is 4.29. The summed E-state index contributed by atoms with van der Waals surface area (Å²) in [7, 11) is 0. The zero-order valence-corrected chi connectivity index (χ0v) is 6.46. The number of nitrogens with two attached hydrogens (primary N) is 1. The molecule has 1 aliphatic rings. The maximum absolute atomic E-state index is 5.58. The van der Waals surface area contributed by atoms with Crippen molar-refractivity contribution in [2.75, 3.05) is 0 Å². The van der Waals surface area contributed by atoms with Gasteiger partial charge >= 0.3 is 0 Å². The van der Waals surface area contributed by atoms with Gasteiger partial charge in [-0.15, -0.1) is 0 Å². The van der Waals surface area contributed by atoms with E-state index in [9.17, 15) is 0 Å². The van der Waals surface area contributed by atoms with Gasteiger partial charge in [0, 0.05) is 11.1 Å². The van der Waals surface area contributed by atoms with Crippen LogP contribution in [0.25, 0.3) is 0 Å². The summed E-state index contributed by atoms with van der Waals surface area (Å²) in [5.74, 6) is 0. The summed E-state index contributed by atoms with van der Waals surface area (Å²) < 4.78 is 0. The van der Waals surface area contributed by atoms with Crippen LogP contribution in [0.2, 0.25) is 0 Å². The molecule has 2 N–H and O–H groups in total. The zero-order chi connectivity index (χ0) is 7.61. The lowest BCUT2D eigenvalue weighted by molar-refractivity contribution is 0.627. The second kappa shape index (κ2) is 2.33. The summed E-state index contributed by atoms with van der Waals surface area (Å²) in [6, 6.07) is 0. The van der Waals surface area contributed by atoms with Crippen LogP contribution in [0.4, 0.5) is 0 Å². The van der Waals surface area contributed by atoms with Gasteiger partial charge in [-0.1, -0.05) is 32.1 Å². The third kappa shape index (κ3) is 1.76. The monoisotopic (exact) mass is 135 g/mol. The van der Waals surface area contributed by atoms with E-state index in [0.717, 1.165) is 5.70 Å². The minimum absolute atomic E-state index is 0.150. The predicted molar refractivity (Wildman–Crippen MR) is 44.3 cm³/mol. The molecule has 0 heterocycles. The number of hydrogen-bond acceptors (Lipinski definition) is 1. The van der Waals surface area contributed by atoms with Crippen molar-refractivity contribution in [1.82, 2.24) is 0 Å². The van der Waals surface area contributed by atoms with Crippen LogP contribution in [0.5, 0.6) is 0 Å². The van der Waals surface area contributed by atoms with Gasteiger partial charge in [0.2, 0.25) is 0 Å². The van der Waals surface area contributed by atoms with Crippen molar-refractivity contribution in [3.63, 3.8) is 0 Å². The highest BCUT2D eigenvalue weighted by atomic mass is 14.6. The van der Waals surface area contributed by atoms with Crippen molar-refractivity contribution < 1.29 is 0 Å². The summed E-state index contributed by atoms with van der Waals surface area (Å²) >= 11 is 0. The number of hydrogen-bond donors (Lipinski definition) is 1. The molecule has 0 saturated heterocycles. The zero-order valence-electron chi connectivity index (χ0n) is 6.46. The Balaban J connectivity index is 2.88. The van der Waals surface area contributed by atoms with Crippen LogP contribution in [-0.2, 0) is 0 Å². The molecule has 0 aromatic carbocycles. The minimum atomic E-state index is 0.150. The van der Waals surface area contributed by atoms with Crippen LogP contribution in [-0.4, -0.2) is 0 Å². The van der Waals surface area contributed by atoms with E-state index < -0.39 is 0 Å². The Labute approximate surface area is 61.9 Å². The molecule has 0 spiro atoms. The van der Waals surface area contributed by atoms with Gasteiger partial charge in [-0.3, -0.25) is 0 Å². The van der Waals surface area contributed by atoms with E-state index in [1.165, 1.54) is 0 Å². The van der Waals surface area contributed by atoms with Crippen molar-refractivity contribution in [1.29, 1.82) is 0 Å². The van der Waals surface area contributed by atoms with Crippen LogP contribution >= 0.6 is 0 Å². The summed E-state index contributed by atoms with van der Waals surface area (Å²) in [5, 5.41) is 0. The summed E-state index contributed by atoms with van der Waals surface area (Å²) in [5.41, 5.74) is 6.55. The van der Waals surface area contributed by atoms with Crippen LogP contribution in [0.1, 0.15) is 13.8 Å². The standard InChI is InChI=1S/C9H13N/c1-9(2)6-3-4-8(10)5-7-9/h3-7H,10H2,1-2H3. The smallest absolute Gasteiger partial charge is 0.0310 e. The van der Waals surface area contributed by atoms with Gasteiger partial charge in [0.25, 0.3) is 0 Å². The maximum atomic E-state index is 5.58. The van der Waals surface area contributed by atoms with E-state index in [4.69, 9.17) is 5.73 Å². The Morgan fingerprint density at radius 1 is 1.30 bits per heavy atom. The first-order valence-corrected chi connectivity index (χ1v) is 3.44. The van der Waals surface area contributed by atoms with E-state index >= 15 is 0 Å². The van der Waals surface area contributed by atoms with Gasteiger partial charge in [0.15, 0.2) is 0 Å². The van der Waals surface area contributed by atoms with Gasteiger partial charge in [-0.25, -0.2) is 0 Å². The Hall–Kier alpha value is -0.980. The Morgan fingerprint density at radius 2 is 2.00 bits per heavy atom. The molecule has 0 unspecified atom stereocenters. The Bertz CT molecular complexity index is 207. The van der Waals surface area contributed by atoms with Gasteiger partial charge in [-0.2, -0.15) is 0 Å². The van der Waals surface area contributed by atoms with E-state index in [-0.39, 0.29) is 5.41 Å². The fourth-order valence-corrected chi connectivity index (χ4v) is 0.829. The first-order chi connectivity index (χ1) is 4.60. The van der Waals surface area contributed by atoms with Crippen molar-refractivity contribution in [2.45, 2.75) is 13.8 Å². The summed E-state index contributed by atoms with van der Waals surface area (Å²) in [4.78, 5) is 0. The fourth-order valence-electron chi connectivity index (χ4n) is 0.829. The molecule has 0 aromatic rings. The predicted octanol–water partition coefficient (Wildman–Crippen LogP) is 1.98. The van der Waals surface area contributed by atoms with E-state index in [2.05, 4.69) is 26.0 Å².